The zero-order chi connectivity index (χ0) is 14.1. The monoisotopic (exact) mass is 296 g/mol. The zero-order valence-electron chi connectivity index (χ0n) is 11.5. The number of nitrogens with one attached hydrogen (secondary N) is 1. The summed E-state index contributed by atoms with van der Waals surface area (Å²) >= 11 is 1.81. The Bertz CT molecular complexity index is 672. The molecule has 2 aromatic rings. The number of hydrogen-bond acceptors (Lipinski definition) is 4. The lowest BCUT2D eigenvalue weighted by Gasteiger charge is -2.13. The van der Waals surface area contributed by atoms with E-state index in [1.807, 2.05) is 23.9 Å². The first-order chi connectivity index (χ1) is 10.4. The summed E-state index contributed by atoms with van der Waals surface area (Å²) in [7, 11) is 0. The molecule has 0 spiro atoms. The Hall–Kier alpha value is -1.94. The van der Waals surface area contributed by atoms with Gasteiger partial charge in [0.05, 0.1) is 17.8 Å². The average Bonchev–Trinajstić information content (AvgIpc) is 3.17. The molecule has 3 nitrogen and oxygen atoms in total. The van der Waals surface area contributed by atoms with Gasteiger partial charge >= 0.3 is 0 Å². The Kier molecular flexibility index (Phi) is 3.31. The van der Waals surface area contributed by atoms with Crippen molar-refractivity contribution in [1.82, 2.24) is 5.32 Å². The van der Waals surface area contributed by atoms with Crippen LogP contribution < -0.4 is 10.1 Å². The predicted molar refractivity (Wildman–Crippen MR) is 86.9 cm³/mol. The number of benzene rings is 2. The van der Waals surface area contributed by atoms with Gasteiger partial charge in [0, 0.05) is 5.56 Å². The number of rotatable bonds is 2. The topological polar surface area (TPSA) is 33.6 Å². The first kappa shape index (κ1) is 12.8. The van der Waals surface area contributed by atoms with Gasteiger partial charge in [0.15, 0.2) is 5.17 Å². The van der Waals surface area contributed by atoms with E-state index < -0.39 is 0 Å². The highest BCUT2D eigenvalue weighted by molar-refractivity contribution is 8.14. The molecular formula is C17H16N2OS. The lowest BCUT2D eigenvalue weighted by molar-refractivity contribution is 0.325. The molecule has 0 aromatic heterocycles. The van der Waals surface area contributed by atoms with Gasteiger partial charge in [-0.05, 0) is 11.6 Å². The minimum atomic E-state index is 0.210. The summed E-state index contributed by atoms with van der Waals surface area (Å²) < 4.78 is 5.71. The third kappa shape index (κ3) is 2.51. The van der Waals surface area contributed by atoms with Crippen molar-refractivity contribution in [3.63, 3.8) is 0 Å². The van der Waals surface area contributed by atoms with Crippen LogP contribution in [-0.4, -0.2) is 18.3 Å². The SMILES string of the molecule is c1ccc(C2CN=C(NC3COc4ccccc43)S2)cc1. The molecular weight excluding hydrogens is 280 g/mol. The van der Waals surface area contributed by atoms with E-state index in [1.54, 1.807) is 0 Å². The van der Waals surface area contributed by atoms with E-state index in [-0.39, 0.29) is 6.04 Å². The number of nitrogens with zero attached hydrogens (tertiary/aromatic N) is 1. The molecule has 0 aliphatic carbocycles. The van der Waals surface area contributed by atoms with Crippen molar-refractivity contribution >= 4 is 16.9 Å². The fraction of sp³-hybridized carbons (Fsp3) is 0.235. The molecule has 0 amide bonds. The van der Waals surface area contributed by atoms with Crippen LogP contribution in [-0.2, 0) is 0 Å². The third-order valence-corrected chi connectivity index (χ3v) is 5.00. The highest BCUT2D eigenvalue weighted by atomic mass is 32.2. The average molecular weight is 296 g/mol. The van der Waals surface area contributed by atoms with Crippen molar-refractivity contribution in [2.45, 2.75) is 11.3 Å². The summed E-state index contributed by atoms with van der Waals surface area (Å²) in [6, 6.07) is 19.0. The van der Waals surface area contributed by atoms with Gasteiger partial charge in [-0.2, -0.15) is 0 Å². The molecule has 21 heavy (non-hydrogen) atoms. The molecule has 1 N–H and O–H groups in total. The van der Waals surface area contributed by atoms with E-state index >= 15 is 0 Å². The van der Waals surface area contributed by atoms with Crippen LogP contribution >= 0.6 is 11.8 Å². The van der Waals surface area contributed by atoms with Gasteiger partial charge in [-0.25, -0.2) is 0 Å². The zero-order valence-corrected chi connectivity index (χ0v) is 12.3. The van der Waals surface area contributed by atoms with Crippen LogP contribution in [0.15, 0.2) is 59.6 Å². The molecule has 0 saturated carbocycles. The van der Waals surface area contributed by atoms with Crippen LogP contribution in [0.4, 0.5) is 0 Å². The third-order valence-electron chi connectivity index (χ3n) is 3.82. The highest BCUT2D eigenvalue weighted by Gasteiger charge is 2.28. The number of thioether (sulfide) groups is 1. The molecule has 0 bridgehead atoms. The minimum absolute atomic E-state index is 0.210. The Morgan fingerprint density at radius 3 is 2.76 bits per heavy atom. The summed E-state index contributed by atoms with van der Waals surface area (Å²) in [6.07, 6.45) is 0. The summed E-state index contributed by atoms with van der Waals surface area (Å²) in [5, 5.41) is 4.97. The number of amidine groups is 1. The maximum Gasteiger partial charge on any atom is 0.157 e. The second kappa shape index (κ2) is 5.45. The molecule has 106 valence electrons. The largest absolute Gasteiger partial charge is 0.491 e. The fourth-order valence-electron chi connectivity index (χ4n) is 2.73. The number of para-hydroxylation sites is 1. The Morgan fingerprint density at radius 1 is 1.05 bits per heavy atom. The van der Waals surface area contributed by atoms with Gasteiger partial charge in [-0.3, -0.25) is 4.99 Å². The van der Waals surface area contributed by atoms with Crippen LogP contribution in [0.1, 0.15) is 22.4 Å². The Balaban J connectivity index is 1.44. The number of hydrogen-bond donors (Lipinski definition) is 1. The first-order valence-corrected chi connectivity index (χ1v) is 8.02. The fourth-order valence-corrected chi connectivity index (χ4v) is 3.80. The van der Waals surface area contributed by atoms with Crippen LogP contribution in [0.5, 0.6) is 5.75 Å². The lowest BCUT2D eigenvalue weighted by Crippen LogP contribution is -2.26. The molecule has 0 radical (unpaired) electrons. The molecule has 4 heteroatoms. The van der Waals surface area contributed by atoms with Gasteiger partial charge in [0.25, 0.3) is 0 Å². The quantitative estimate of drug-likeness (QED) is 0.920. The second-order valence-corrected chi connectivity index (χ2v) is 6.40. The van der Waals surface area contributed by atoms with Gasteiger partial charge in [-0.1, -0.05) is 60.3 Å². The van der Waals surface area contributed by atoms with Crippen molar-refractivity contribution in [3.05, 3.63) is 65.7 Å². The van der Waals surface area contributed by atoms with Gasteiger partial charge in [-0.15, -0.1) is 0 Å². The number of aliphatic imine (C=N–C) groups is 1. The van der Waals surface area contributed by atoms with E-state index in [0.29, 0.717) is 11.9 Å². The van der Waals surface area contributed by atoms with E-state index in [1.165, 1.54) is 11.1 Å². The summed E-state index contributed by atoms with van der Waals surface area (Å²) in [6.45, 7) is 1.52. The van der Waals surface area contributed by atoms with Crippen molar-refractivity contribution in [2.24, 2.45) is 4.99 Å². The van der Waals surface area contributed by atoms with E-state index in [4.69, 9.17) is 4.74 Å². The van der Waals surface area contributed by atoms with E-state index in [9.17, 15) is 0 Å². The summed E-state index contributed by atoms with van der Waals surface area (Å²) in [5.41, 5.74) is 2.56. The van der Waals surface area contributed by atoms with Crippen molar-refractivity contribution in [3.8, 4) is 5.75 Å². The highest BCUT2D eigenvalue weighted by Crippen LogP contribution is 2.37. The summed E-state index contributed by atoms with van der Waals surface area (Å²) in [5.74, 6) is 0.984. The van der Waals surface area contributed by atoms with E-state index in [2.05, 4.69) is 52.8 Å². The maximum absolute atomic E-state index is 5.71. The Morgan fingerprint density at radius 2 is 1.86 bits per heavy atom. The molecule has 2 unspecified atom stereocenters. The van der Waals surface area contributed by atoms with Crippen LogP contribution in [0.3, 0.4) is 0 Å². The number of fused-ring (bicyclic) bond motifs is 1. The molecule has 0 fully saturated rings. The number of ether oxygens (including phenoxy) is 1. The molecule has 2 atom stereocenters. The maximum atomic E-state index is 5.71. The molecule has 4 rings (SSSR count). The predicted octanol–water partition coefficient (Wildman–Crippen LogP) is 3.55. The summed E-state index contributed by atoms with van der Waals surface area (Å²) in [4.78, 5) is 4.64. The van der Waals surface area contributed by atoms with Crippen LogP contribution in [0.25, 0.3) is 0 Å². The molecule has 0 saturated heterocycles. The van der Waals surface area contributed by atoms with Gasteiger partial charge in [0.2, 0.25) is 0 Å². The first-order valence-electron chi connectivity index (χ1n) is 7.14. The normalized spacial score (nSPS) is 23.3. The van der Waals surface area contributed by atoms with Crippen LogP contribution in [0, 0.1) is 0 Å². The molecule has 2 aliphatic heterocycles. The van der Waals surface area contributed by atoms with Gasteiger partial charge < -0.3 is 10.1 Å². The van der Waals surface area contributed by atoms with Crippen molar-refractivity contribution < 1.29 is 4.74 Å². The molecule has 2 aliphatic rings. The van der Waals surface area contributed by atoms with Crippen molar-refractivity contribution in [2.75, 3.05) is 13.2 Å². The minimum Gasteiger partial charge on any atom is -0.491 e. The molecule has 2 heterocycles. The smallest absolute Gasteiger partial charge is 0.157 e. The standard InChI is InChI=1S/C17H16N2OS/c1-2-6-12(7-3-1)16-10-18-17(21-16)19-14-11-20-15-9-5-4-8-13(14)15/h1-9,14,16H,10-11H2,(H,18,19). The second-order valence-electron chi connectivity index (χ2n) is 5.21. The lowest BCUT2D eigenvalue weighted by atomic mass is 10.1. The van der Waals surface area contributed by atoms with Crippen molar-refractivity contribution in [1.29, 1.82) is 0 Å². The van der Waals surface area contributed by atoms with Crippen LogP contribution in [0.2, 0.25) is 0 Å². The van der Waals surface area contributed by atoms with E-state index in [0.717, 1.165) is 17.5 Å². The Labute approximate surface area is 128 Å². The molecule has 2 aromatic carbocycles. The van der Waals surface area contributed by atoms with Gasteiger partial charge in [0.1, 0.15) is 12.4 Å².